The van der Waals surface area contributed by atoms with Crippen LogP contribution in [0, 0.1) is 25.2 Å². The largest absolute Gasteiger partial charge is 0.352 e. The van der Waals surface area contributed by atoms with Gasteiger partial charge in [-0.2, -0.15) is 5.26 Å². The highest BCUT2D eigenvalue weighted by atomic mass is 32.2. The number of hydrogen-bond acceptors (Lipinski definition) is 6. The van der Waals surface area contributed by atoms with Gasteiger partial charge in [-0.25, -0.2) is 0 Å². The van der Waals surface area contributed by atoms with Gasteiger partial charge in [0.2, 0.25) is 5.91 Å². The minimum Gasteiger partial charge on any atom is -0.352 e. The highest BCUT2D eigenvalue weighted by Gasteiger charge is 2.37. The van der Waals surface area contributed by atoms with Crippen molar-refractivity contribution in [2.24, 2.45) is 0 Å². The maximum atomic E-state index is 12.7. The average Bonchev–Trinajstić information content (AvgIpc) is 3.28. The van der Waals surface area contributed by atoms with Gasteiger partial charge >= 0.3 is 0 Å². The van der Waals surface area contributed by atoms with E-state index < -0.39 is 0 Å². The smallest absolute Gasteiger partial charge is 0.234 e. The molecule has 5 nitrogen and oxygen atoms in total. The highest BCUT2D eigenvalue weighted by Crippen LogP contribution is 2.45. The normalized spacial score (nSPS) is 18.4. The molecule has 0 bridgehead atoms. The van der Waals surface area contributed by atoms with Gasteiger partial charge in [0, 0.05) is 28.3 Å². The number of amides is 1. The summed E-state index contributed by atoms with van der Waals surface area (Å²) in [6, 6.07) is 12.1. The maximum Gasteiger partial charge on any atom is 0.234 e. The summed E-state index contributed by atoms with van der Waals surface area (Å²) in [4.78, 5) is 26.3. The van der Waals surface area contributed by atoms with Crippen LogP contribution >= 0.6 is 23.1 Å². The lowest BCUT2D eigenvalue weighted by Crippen LogP contribution is -2.31. The Labute approximate surface area is 190 Å². The van der Waals surface area contributed by atoms with E-state index in [1.807, 2.05) is 49.6 Å². The maximum absolute atomic E-state index is 12.7. The fourth-order valence-electron chi connectivity index (χ4n) is 3.93. The first kappa shape index (κ1) is 21.4. The number of Topliss-reactive ketones (excluding diaryl/α,β-unsaturated/α-hetero) is 1. The molecule has 158 valence electrons. The van der Waals surface area contributed by atoms with Crippen LogP contribution in [0.5, 0.6) is 0 Å². The topological polar surface area (TPSA) is 82.0 Å². The van der Waals surface area contributed by atoms with E-state index in [0.717, 1.165) is 34.7 Å². The Hall–Kier alpha value is -2.82. The summed E-state index contributed by atoms with van der Waals surface area (Å²) in [6.45, 7) is 4.04. The number of dihydropyridines is 1. The fraction of sp³-hybridized carbons (Fsp3) is 0.292. The first-order valence-electron chi connectivity index (χ1n) is 10.2. The van der Waals surface area contributed by atoms with E-state index in [4.69, 9.17) is 0 Å². The van der Waals surface area contributed by atoms with Crippen molar-refractivity contribution in [1.29, 1.82) is 5.26 Å². The number of benzene rings is 1. The molecule has 1 amide bonds. The first-order chi connectivity index (χ1) is 15.0. The molecule has 7 heteroatoms. The van der Waals surface area contributed by atoms with Gasteiger partial charge in [0.1, 0.15) is 0 Å². The number of anilines is 1. The molecule has 0 spiro atoms. The van der Waals surface area contributed by atoms with Crippen molar-refractivity contribution in [3.63, 3.8) is 0 Å². The third-order valence-electron chi connectivity index (χ3n) is 5.63. The fourth-order valence-corrected chi connectivity index (χ4v) is 5.64. The van der Waals surface area contributed by atoms with Gasteiger partial charge in [-0.05, 0) is 61.4 Å². The second kappa shape index (κ2) is 9.13. The third-order valence-corrected chi connectivity index (χ3v) is 7.58. The molecule has 0 saturated carbocycles. The van der Waals surface area contributed by atoms with Gasteiger partial charge in [-0.3, -0.25) is 9.59 Å². The van der Waals surface area contributed by atoms with Gasteiger partial charge in [-0.15, -0.1) is 11.3 Å². The third kappa shape index (κ3) is 4.46. The zero-order valence-electron chi connectivity index (χ0n) is 17.5. The van der Waals surface area contributed by atoms with Crippen molar-refractivity contribution in [2.45, 2.75) is 39.0 Å². The van der Waals surface area contributed by atoms with E-state index in [0.29, 0.717) is 22.6 Å². The molecule has 31 heavy (non-hydrogen) atoms. The zero-order chi connectivity index (χ0) is 22.0. The molecule has 1 aliphatic carbocycles. The zero-order valence-corrected chi connectivity index (χ0v) is 19.1. The standard InChI is InChI=1S/C24H23N3O2S2/c1-14-8-9-16(11-15(14)2)26-21(29)13-31-24-17(12-25)22(20-7-4-10-30-20)23-18(27-24)5-3-6-19(23)28/h4,7-11,22,27H,3,5-6,13H2,1-2H3,(H,26,29). The molecule has 1 unspecified atom stereocenters. The van der Waals surface area contributed by atoms with E-state index in [9.17, 15) is 14.9 Å². The van der Waals surface area contributed by atoms with Crippen molar-refractivity contribution in [2.75, 3.05) is 11.1 Å². The molecule has 0 saturated heterocycles. The summed E-state index contributed by atoms with van der Waals surface area (Å²) in [5.74, 6) is -0.198. The number of thioether (sulfide) groups is 1. The quantitative estimate of drug-likeness (QED) is 0.658. The molecular weight excluding hydrogens is 426 g/mol. The Morgan fingerprint density at radius 1 is 1.29 bits per heavy atom. The second-order valence-corrected chi connectivity index (χ2v) is 9.70. The van der Waals surface area contributed by atoms with Crippen molar-refractivity contribution in [3.8, 4) is 6.07 Å². The van der Waals surface area contributed by atoms with Gasteiger partial charge < -0.3 is 10.6 Å². The predicted molar refractivity (Wildman–Crippen MR) is 126 cm³/mol. The number of aryl methyl sites for hydroxylation is 2. The summed E-state index contributed by atoms with van der Waals surface area (Å²) in [6.07, 6.45) is 2.09. The lowest BCUT2D eigenvalue weighted by molar-refractivity contribution is -0.116. The monoisotopic (exact) mass is 449 g/mol. The van der Waals surface area contributed by atoms with Crippen LogP contribution in [0.2, 0.25) is 0 Å². The number of nitrogens with zero attached hydrogens (tertiary/aromatic N) is 1. The Balaban J connectivity index is 1.56. The van der Waals surface area contributed by atoms with E-state index in [1.54, 1.807) is 11.3 Å². The highest BCUT2D eigenvalue weighted by molar-refractivity contribution is 8.03. The van der Waals surface area contributed by atoms with Crippen molar-refractivity contribution in [1.82, 2.24) is 5.32 Å². The molecule has 1 aliphatic heterocycles. The van der Waals surface area contributed by atoms with Crippen LogP contribution in [-0.2, 0) is 9.59 Å². The summed E-state index contributed by atoms with van der Waals surface area (Å²) in [5, 5.41) is 18.9. The van der Waals surface area contributed by atoms with Crippen LogP contribution in [0.1, 0.15) is 41.2 Å². The predicted octanol–water partition coefficient (Wildman–Crippen LogP) is 5.17. The molecular formula is C24H23N3O2S2. The number of nitrogens with one attached hydrogen (secondary N) is 2. The van der Waals surface area contributed by atoms with Crippen molar-refractivity contribution >= 4 is 40.5 Å². The minimum absolute atomic E-state index is 0.108. The van der Waals surface area contributed by atoms with Crippen LogP contribution in [0.25, 0.3) is 0 Å². The van der Waals surface area contributed by atoms with Gasteiger partial charge in [0.05, 0.1) is 28.3 Å². The number of thiophene rings is 1. The Morgan fingerprint density at radius 2 is 2.13 bits per heavy atom. The molecule has 1 aromatic heterocycles. The number of rotatable bonds is 5. The number of carbonyl (C=O) groups excluding carboxylic acids is 2. The molecule has 0 fully saturated rings. The second-order valence-electron chi connectivity index (χ2n) is 7.73. The van der Waals surface area contributed by atoms with Crippen LogP contribution in [0.3, 0.4) is 0 Å². The number of nitriles is 1. The summed E-state index contributed by atoms with van der Waals surface area (Å²) in [5.41, 5.74) is 5.18. The first-order valence-corrected chi connectivity index (χ1v) is 12.0. The van der Waals surface area contributed by atoms with Crippen LogP contribution in [-0.4, -0.2) is 17.4 Å². The number of hydrogen-bond donors (Lipinski definition) is 2. The SMILES string of the molecule is Cc1ccc(NC(=O)CSC2=C(C#N)C(c3cccs3)C3=C(CCCC3=O)N2)cc1C. The van der Waals surface area contributed by atoms with E-state index in [2.05, 4.69) is 16.7 Å². The van der Waals surface area contributed by atoms with Crippen LogP contribution < -0.4 is 10.6 Å². The van der Waals surface area contributed by atoms with E-state index in [1.165, 1.54) is 17.3 Å². The summed E-state index contributed by atoms with van der Waals surface area (Å²) < 4.78 is 0. The Morgan fingerprint density at radius 3 is 2.84 bits per heavy atom. The molecule has 2 aliphatic rings. The van der Waals surface area contributed by atoms with Crippen LogP contribution in [0.15, 0.2) is 57.6 Å². The van der Waals surface area contributed by atoms with Gasteiger partial charge in [0.25, 0.3) is 0 Å². The van der Waals surface area contributed by atoms with Crippen molar-refractivity contribution in [3.05, 3.63) is 73.6 Å². The molecule has 0 radical (unpaired) electrons. The number of carbonyl (C=O) groups is 2. The number of allylic oxidation sites excluding steroid dienone is 3. The molecule has 2 N–H and O–H groups in total. The van der Waals surface area contributed by atoms with Gasteiger partial charge in [0.15, 0.2) is 5.78 Å². The molecule has 2 aromatic rings. The molecule has 1 atom stereocenters. The van der Waals surface area contributed by atoms with Crippen LogP contribution in [0.4, 0.5) is 5.69 Å². The Bertz CT molecular complexity index is 1140. The number of ketones is 1. The van der Waals surface area contributed by atoms with E-state index in [-0.39, 0.29) is 23.4 Å². The summed E-state index contributed by atoms with van der Waals surface area (Å²) in [7, 11) is 0. The summed E-state index contributed by atoms with van der Waals surface area (Å²) >= 11 is 2.86. The molecule has 4 rings (SSSR count). The molecule has 1 aromatic carbocycles. The molecule has 2 heterocycles. The lowest BCUT2D eigenvalue weighted by atomic mass is 9.79. The Kier molecular flexibility index (Phi) is 6.30. The average molecular weight is 450 g/mol. The van der Waals surface area contributed by atoms with E-state index >= 15 is 0 Å². The minimum atomic E-state index is -0.348. The van der Waals surface area contributed by atoms with Crippen molar-refractivity contribution < 1.29 is 9.59 Å². The lowest BCUT2D eigenvalue weighted by Gasteiger charge is -2.32. The van der Waals surface area contributed by atoms with Gasteiger partial charge in [-0.1, -0.05) is 23.9 Å².